The van der Waals surface area contributed by atoms with Crippen molar-refractivity contribution in [3.8, 4) is 0 Å². The van der Waals surface area contributed by atoms with Crippen molar-refractivity contribution < 1.29 is 31.2 Å². The third-order valence-corrected chi connectivity index (χ3v) is 6.84. The molecule has 4 aromatic rings. The molecular formula is C24H24Br2ClN9O3. The summed E-state index contributed by atoms with van der Waals surface area (Å²) in [6.45, 7) is 0.822. The molecule has 3 aromatic heterocycles. The monoisotopic (exact) mass is 679 g/mol. The quantitative estimate of drug-likeness (QED) is 0.118. The van der Waals surface area contributed by atoms with Crippen molar-refractivity contribution in [2.24, 2.45) is 7.05 Å². The van der Waals surface area contributed by atoms with Gasteiger partial charge in [0.05, 0.1) is 37.4 Å². The lowest BCUT2D eigenvalue weighted by molar-refractivity contribution is -0.898. The molecule has 1 aromatic carbocycles. The Labute approximate surface area is 247 Å². The standard InChI is InChI=1S/C24H23BrClN9O3.BrH/c1-33-14-30-24(34(37)38)20(33)12-35(2,3)8-4-5-22(36)32-21-10-16-19(11-27-21)28-13-29-23(16)31-15-6-7-17(25)18(26)9-15;/h4-7,9-11,13-14H,8,12H2,1-3H3,(H-,27,28,29,31,32,36);1H/b5-4+;. The van der Waals surface area contributed by atoms with Crippen LogP contribution in [0.2, 0.25) is 5.02 Å². The molecule has 4 rings (SSSR count). The predicted octanol–water partition coefficient (Wildman–Crippen LogP) is 1.60. The summed E-state index contributed by atoms with van der Waals surface area (Å²) in [7, 11) is 5.54. The van der Waals surface area contributed by atoms with Crippen molar-refractivity contribution in [3.05, 3.63) is 80.6 Å². The smallest absolute Gasteiger partial charge is 0.390 e. The molecule has 0 atom stereocenters. The normalized spacial score (nSPS) is 11.4. The number of benzene rings is 1. The van der Waals surface area contributed by atoms with E-state index in [4.69, 9.17) is 11.6 Å². The number of halogens is 3. The van der Waals surface area contributed by atoms with Crippen molar-refractivity contribution in [2.45, 2.75) is 6.54 Å². The number of aryl methyl sites for hydroxylation is 1. The van der Waals surface area contributed by atoms with E-state index in [1.165, 1.54) is 18.7 Å². The second-order valence-electron chi connectivity index (χ2n) is 9.11. The second-order valence-corrected chi connectivity index (χ2v) is 10.4. The van der Waals surface area contributed by atoms with E-state index >= 15 is 0 Å². The van der Waals surface area contributed by atoms with E-state index in [-0.39, 0.29) is 28.7 Å². The van der Waals surface area contributed by atoms with Crippen molar-refractivity contribution in [1.82, 2.24) is 24.5 Å². The first kappa shape index (κ1) is 30.1. The van der Waals surface area contributed by atoms with Gasteiger partial charge in [-0.3, -0.25) is 4.79 Å². The molecule has 204 valence electrons. The van der Waals surface area contributed by atoms with E-state index < -0.39 is 4.92 Å². The van der Waals surface area contributed by atoms with Gasteiger partial charge in [-0.05, 0) is 56.2 Å². The predicted molar refractivity (Wildman–Crippen MR) is 148 cm³/mol. The summed E-state index contributed by atoms with van der Waals surface area (Å²) in [4.78, 5) is 40.0. The highest BCUT2D eigenvalue weighted by Crippen LogP contribution is 2.29. The van der Waals surface area contributed by atoms with Crippen LogP contribution in [0.5, 0.6) is 0 Å². The van der Waals surface area contributed by atoms with Crippen molar-refractivity contribution in [3.63, 3.8) is 0 Å². The number of hydrogen-bond donors (Lipinski definition) is 2. The summed E-state index contributed by atoms with van der Waals surface area (Å²) in [5, 5.41) is 18.4. The summed E-state index contributed by atoms with van der Waals surface area (Å²) in [6, 6.07) is 7.13. The number of imidazole rings is 1. The van der Waals surface area contributed by atoms with Crippen molar-refractivity contribution >= 4 is 67.5 Å². The average molecular weight is 682 g/mol. The van der Waals surface area contributed by atoms with E-state index in [9.17, 15) is 14.9 Å². The summed E-state index contributed by atoms with van der Waals surface area (Å²) in [6.07, 6.45) is 7.53. The zero-order valence-corrected chi connectivity index (χ0v) is 25.0. The molecule has 2 N–H and O–H groups in total. The molecule has 1 amide bonds. The van der Waals surface area contributed by atoms with Gasteiger partial charge < -0.3 is 46.8 Å². The molecule has 12 nitrogen and oxygen atoms in total. The molecule has 0 aliphatic heterocycles. The Morgan fingerprint density at radius 3 is 2.72 bits per heavy atom. The van der Waals surface area contributed by atoms with Gasteiger partial charge in [0.25, 0.3) is 0 Å². The number of nitro groups is 1. The van der Waals surface area contributed by atoms with Gasteiger partial charge in [0.1, 0.15) is 24.5 Å². The van der Waals surface area contributed by atoms with E-state index in [0.717, 1.165) is 10.2 Å². The first-order chi connectivity index (χ1) is 18.0. The molecule has 3 heterocycles. The lowest BCUT2D eigenvalue weighted by atomic mass is 10.2. The van der Waals surface area contributed by atoms with Crippen LogP contribution in [0.15, 0.2) is 59.7 Å². The van der Waals surface area contributed by atoms with E-state index in [1.807, 2.05) is 26.2 Å². The average Bonchev–Trinajstić information content (AvgIpc) is 3.21. The minimum Gasteiger partial charge on any atom is -1.00 e. The van der Waals surface area contributed by atoms with Gasteiger partial charge in [-0.1, -0.05) is 11.6 Å². The maximum atomic E-state index is 12.6. The van der Waals surface area contributed by atoms with Gasteiger partial charge in [-0.15, -0.1) is 0 Å². The minimum atomic E-state index is -0.491. The second kappa shape index (κ2) is 12.6. The van der Waals surface area contributed by atoms with Gasteiger partial charge in [-0.2, -0.15) is 0 Å². The number of fused-ring (bicyclic) bond motifs is 1. The first-order valence-electron chi connectivity index (χ1n) is 11.3. The third-order valence-electron chi connectivity index (χ3n) is 5.61. The van der Waals surface area contributed by atoms with Crippen molar-refractivity contribution in [2.75, 3.05) is 31.3 Å². The SMILES string of the molecule is Cn1cnc([N+](=O)[O-])c1C[N+](C)(C)C/C=C/C(=O)Nc1cc2c(Nc3ccc(Br)c(Cl)c3)ncnc2cn1.[Br-]. The molecule has 0 bridgehead atoms. The molecular weight excluding hydrogens is 658 g/mol. The fourth-order valence-electron chi connectivity index (χ4n) is 3.70. The number of nitrogens with one attached hydrogen (secondary N) is 2. The Balaban J connectivity index is 0.00000420. The highest BCUT2D eigenvalue weighted by Gasteiger charge is 2.26. The van der Waals surface area contributed by atoms with Crippen LogP contribution in [-0.4, -0.2) is 60.5 Å². The Kier molecular flexibility index (Phi) is 9.72. The van der Waals surface area contributed by atoms with Crippen LogP contribution in [0, 0.1) is 10.1 Å². The third kappa shape index (κ3) is 7.56. The number of nitrogens with zero attached hydrogens (tertiary/aromatic N) is 7. The first-order valence-corrected chi connectivity index (χ1v) is 12.5. The number of hydrogen-bond acceptors (Lipinski definition) is 8. The van der Waals surface area contributed by atoms with E-state index in [2.05, 4.69) is 46.5 Å². The number of amides is 1. The molecule has 0 aliphatic carbocycles. The molecule has 15 heteroatoms. The number of carbonyl (C=O) groups is 1. The van der Waals surface area contributed by atoms with Crippen LogP contribution in [0.4, 0.5) is 23.1 Å². The van der Waals surface area contributed by atoms with Gasteiger partial charge in [0.15, 0.2) is 5.69 Å². The molecule has 0 saturated carbocycles. The number of rotatable bonds is 9. The molecule has 0 saturated heterocycles. The number of anilines is 3. The molecule has 0 fully saturated rings. The lowest BCUT2D eigenvalue weighted by Crippen LogP contribution is -3.00. The van der Waals surface area contributed by atoms with Crippen LogP contribution < -0.4 is 27.6 Å². The number of pyridine rings is 1. The molecule has 39 heavy (non-hydrogen) atoms. The largest absolute Gasteiger partial charge is 1.00 e. The van der Waals surface area contributed by atoms with Gasteiger partial charge >= 0.3 is 5.82 Å². The highest BCUT2D eigenvalue weighted by atomic mass is 79.9. The van der Waals surface area contributed by atoms with Crippen LogP contribution in [0.3, 0.4) is 0 Å². The van der Waals surface area contributed by atoms with Gasteiger partial charge in [0.2, 0.25) is 12.2 Å². The Hall–Kier alpha value is -3.46. The zero-order chi connectivity index (χ0) is 27.4. The fraction of sp³-hybridized carbons (Fsp3) is 0.208. The fourth-order valence-corrected chi connectivity index (χ4v) is 4.13. The Morgan fingerprint density at radius 2 is 2.00 bits per heavy atom. The molecule has 0 aliphatic rings. The molecule has 0 unspecified atom stereocenters. The van der Waals surface area contributed by atoms with Crippen LogP contribution in [0.25, 0.3) is 10.9 Å². The number of carbonyl (C=O) groups excluding carboxylic acids is 1. The van der Waals surface area contributed by atoms with Gasteiger partial charge in [-0.25, -0.2) is 15.0 Å². The number of aromatic nitrogens is 5. The Morgan fingerprint density at radius 1 is 1.23 bits per heavy atom. The lowest BCUT2D eigenvalue weighted by Gasteiger charge is -2.27. The van der Waals surface area contributed by atoms with Crippen LogP contribution in [0.1, 0.15) is 5.69 Å². The summed E-state index contributed by atoms with van der Waals surface area (Å²) in [5.74, 6) is 0.335. The number of quaternary nitrogens is 1. The molecule has 0 radical (unpaired) electrons. The number of likely N-dealkylation sites (N-methyl/N-ethyl adjacent to an activating group) is 1. The minimum absolute atomic E-state index is 0. The highest BCUT2D eigenvalue weighted by molar-refractivity contribution is 9.10. The van der Waals surface area contributed by atoms with E-state index in [0.29, 0.717) is 50.8 Å². The molecule has 0 spiro atoms. The maximum absolute atomic E-state index is 12.6. The van der Waals surface area contributed by atoms with Crippen molar-refractivity contribution in [1.29, 1.82) is 0 Å². The Bertz CT molecular complexity index is 1560. The summed E-state index contributed by atoms with van der Waals surface area (Å²) < 4.78 is 2.79. The zero-order valence-electron chi connectivity index (χ0n) is 21.1. The van der Waals surface area contributed by atoms with Gasteiger partial charge in [0, 0.05) is 28.7 Å². The van der Waals surface area contributed by atoms with E-state index in [1.54, 1.807) is 36.0 Å². The van der Waals surface area contributed by atoms with Crippen LogP contribution >= 0.6 is 27.5 Å². The maximum Gasteiger partial charge on any atom is 0.390 e. The van der Waals surface area contributed by atoms with Crippen LogP contribution in [-0.2, 0) is 18.4 Å². The summed E-state index contributed by atoms with van der Waals surface area (Å²) >= 11 is 9.57. The topological polar surface area (TPSA) is 141 Å². The summed E-state index contributed by atoms with van der Waals surface area (Å²) in [5.41, 5.74) is 1.85.